The van der Waals surface area contributed by atoms with E-state index in [0.717, 1.165) is 45.8 Å². The molecule has 2 atom stereocenters. The second kappa shape index (κ2) is 6.20. The molecule has 19 heavy (non-hydrogen) atoms. The fourth-order valence-corrected chi connectivity index (χ4v) is 2.81. The van der Waals surface area contributed by atoms with Crippen molar-refractivity contribution in [1.29, 1.82) is 0 Å². The first-order chi connectivity index (χ1) is 8.98. The molecule has 2 aliphatic heterocycles. The number of carbonyl (C=O) groups excluding carboxylic acids is 1. The van der Waals surface area contributed by atoms with Crippen molar-refractivity contribution < 1.29 is 14.3 Å². The molecule has 0 spiro atoms. The molecule has 0 aliphatic carbocycles. The van der Waals surface area contributed by atoms with Gasteiger partial charge in [-0.1, -0.05) is 0 Å². The van der Waals surface area contributed by atoms with Gasteiger partial charge < -0.3 is 14.8 Å². The van der Waals surface area contributed by atoms with Crippen LogP contribution in [0.5, 0.6) is 0 Å². The summed E-state index contributed by atoms with van der Waals surface area (Å²) in [6, 6.07) is 0.162. The summed E-state index contributed by atoms with van der Waals surface area (Å²) < 4.78 is 11.0. The van der Waals surface area contributed by atoms with Crippen LogP contribution < -0.4 is 5.32 Å². The molecule has 1 N–H and O–H groups in total. The predicted octanol–water partition coefficient (Wildman–Crippen LogP) is 0.781. The third kappa shape index (κ3) is 4.16. The lowest BCUT2D eigenvalue weighted by atomic mass is 9.94. The standard InChI is InChI=1S/C14H26N2O3/c1-11(16-5-8-18-9-6-16)13(17)15-12-4-7-19-14(2,3)10-12/h11-12H,4-10H2,1-3H3,(H,15,17)/t11-,12?/m0/s1. The van der Waals surface area contributed by atoms with Crippen LogP contribution in [0.3, 0.4) is 0 Å². The van der Waals surface area contributed by atoms with Crippen LogP contribution in [0.4, 0.5) is 0 Å². The van der Waals surface area contributed by atoms with Gasteiger partial charge in [0, 0.05) is 25.7 Å². The first-order valence-corrected chi connectivity index (χ1v) is 7.24. The third-order valence-electron chi connectivity index (χ3n) is 4.02. The number of nitrogens with one attached hydrogen (secondary N) is 1. The van der Waals surface area contributed by atoms with Gasteiger partial charge in [0.2, 0.25) is 5.91 Å². The van der Waals surface area contributed by atoms with E-state index in [-0.39, 0.29) is 23.6 Å². The van der Waals surface area contributed by atoms with Gasteiger partial charge in [0.15, 0.2) is 0 Å². The molecule has 0 radical (unpaired) electrons. The number of hydrogen-bond donors (Lipinski definition) is 1. The molecule has 0 aromatic heterocycles. The smallest absolute Gasteiger partial charge is 0.237 e. The van der Waals surface area contributed by atoms with Crippen molar-refractivity contribution in [3.8, 4) is 0 Å². The van der Waals surface area contributed by atoms with Crippen LogP contribution in [0.25, 0.3) is 0 Å². The Balaban J connectivity index is 1.82. The maximum atomic E-state index is 12.3. The molecule has 1 unspecified atom stereocenters. The molecule has 5 nitrogen and oxygen atoms in total. The monoisotopic (exact) mass is 270 g/mol. The van der Waals surface area contributed by atoms with E-state index in [1.165, 1.54) is 0 Å². The van der Waals surface area contributed by atoms with Gasteiger partial charge in [-0.05, 0) is 33.6 Å². The number of carbonyl (C=O) groups is 1. The summed E-state index contributed by atoms with van der Waals surface area (Å²) in [6.07, 6.45) is 1.79. The summed E-state index contributed by atoms with van der Waals surface area (Å²) in [4.78, 5) is 14.5. The Morgan fingerprint density at radius 2 is 2.00 bits per heavy atom. The van der Waals surface area contributed by atoms with Crippen LogP contribution in [-0.2, 0) is 14.3 Å². The zero-order valence-corrected chi connectivity index (χ0v) is 12.3. The first kappa shape index (κ1) is 14.8. The minimum absolute atomic E-state index is 0.0742. The van der Waals surface area contributed by atoms with E-state index < -0.39 is 0 Å². The Bertz CT molecular complexity index is 314. The zero-order valence-electron chi connectivity index (χ0n) is 12.3. The SMILES string of the molecule is C[C@@H](C(=O)NC1CCOC(C)(C)C1)N1CCOCC1. The average molecular weight is 270 g/mol. The highest BCUT2D eigenvalue weighted by Crippen LogP contribution is 2.24. The van der Waals surface area contributed by atoms with E-state index in [9.17, 15) is 4.79 Å². The van der Waals surface area contributed by atoms with E-state index in [1.807, 2.05) is 6.92 Å². The molecule has 2 rings (SSSR count). The van der Waals surface area contributed by atoms with Crippen molar-refractivity contribution in [1.82, 2.24) is 10.2 Å². The molecule has 2 saturated heterocycles. The average Bonchev–Trinajstić information content (AvgIpc) is 2.37. The van der Waals surface area contributed by atoms with Gasteiger partial charge in [-0.25, -0.2) is 0 Å². The summed E-state index contributed by atoms with van der Waals surface area (Å²) in [5.74, 6) is 0.129. The molecular formula is C14H26N2O3. The first-order valence-electron chi connectivity index (χ1n) is 7.24. The van der Waals surface area contributed by atoms with Crippen molar-refractivity contribution in [2.24, 2.45) is 0 Å². The Morgan fingerprint density at radius 1 is 1.32 bits per heavy atom. The van der Waals surface area contributed by atoms with E-state index in [4.69, 9.17) is 9.47 Å². The third-order valence-corrected chi connectivity index (χ3v) is 4.02. The Labute approximate surface area is 115 Å². The van der Waals surface area contributed by atoms with Crippen molar-refractivity contribution in [2.45, 2.75) is 51.3 Å². The van der Waals surface area contributed by atoms with Gasteiger partial charge in [0.05, 0.1) is 24.9 Å². The van der Waals surface area contributed by atoms with Gasteiger partial charge >= 0.3 is 0 Å². The quantitative estimate of drug-likeness (QED) is 0.823. The fourth-order valence-electron chi connectivity index (χ4n) is 2.81. The number of morpholine rings is 1. The lowest BCUT2D eigenvalue weighted by Crippen LogP contribution is -2.53. The predicted molar refractivity (Wildman–Crippen MR) is 73.0 cm³/mol. The molecule has 0 aromatic carbocycles. The van der Waals surface area contributed by atoms with E-state index in [2.05, 4.69) is 24.1 Å². The van der Waals surface area contributed by atoms with Crippen molar-refractivity contribution in [2.75, 3.05) is 32.9 Å². The van der Waals surface area contributed by atoms with Crippen LogP contribution in [0.15, 0.2) is 0 Å². The Hall–Kier alpha value is -0.650. The molecule has 5 heteroatoms. The highest BCUT2D eigenvalue weighted by molar-refractivity contribution is 5.81. The number of amides is 1. The van der Waals surface area contributed by atoms with Crippen LogP contribution in [0, 0.1) is 0 Å². The van der Waals surface area contributed by atoms with Gasteiger partial charge in [-0.3, -0.25) is 9.69 Å². The van der Waals surface area contributed by atoms with Gasteiger partial charge in [0.25, 0.3) is 0 Å². The molecule has 0 aromatic rings. The van der Waals surface area contributed by atoms with Crippen molar-refractivity contribution >= 4 is 5.91 Å². The van der Waals surface area contributed by atoms with Crippen LogP contribution in [0.2, 0.25) is 0 Å². The van der Waals surface area contributed by atoms with Crippen LogP contribution in [-0.4, -0.2) is 61.4 Å². The minimum Gasteiger partial charge on any atom is -0.379 e. The van der Waals surface area contributed by atoms with E-state index >= 15 is 0 Å². The molecule has 2 aliphatic rings. The Kier molecular flexibility index (Phi) is 4.81. The van der Waals surface area contributed by atoms with Gasteiger partial charge in [-0.2, -0.15) is 0 Å². The largest absolute Gasteiger partial charge is 0.379 e. The summed E-state index contributed by atoms with van der Waals surface area (Å²) in [7, 11) is 0. The summed E-state index contributed by atoms with van der Waals surface area (Å²) in [5, 5.41) is 3.17. The molecular weight excluding hydrogens is 244 g/mol. The van der Waals surface area contributed by atoms with Crippen LogP contribution in [0.1, 0.15) is 33.6 Å². The highest BCUT2D eigenvalue weighted by Gasteiger charge is 2.31. The maximum absolute atomic E-state index is 12.3. The van der Waals surface area contributed by atoms with Gasteiger partial charge in [-0.15, -0.1) is 0 Å². The zero-order chi connectivity index (χ0) is 13.9. The summed E-state index contributed by atoms with van der Waals surface area (Å²) >= 11 is 0. The number of rotatable bonds is 3. The number of hydrogen-bond acceptors (Lipinski definition) is 4. The highest BCUT2D eigenvalue weighted by atomic mass is 16.5. The molecule has 0 saturated carbocycles. The molecule has 1 amide bonds. The molecule has 110 valence electrons. The molecule has 2 heterocycles. The van der Waals surface area contributed by atoms with Crippen molar-refractivity contribution in [3.05, 3.63) is 0 Å². The Morgan fingerprint density at radius 3 is 2.63 bits per heavy atom. The fraction of sp³-hybridized carbons (Fsp3) is 0.929. The summed E-state index contributed by atoms with van der Waals surface area (Å²) in [5.41, 5.74) is -0.127. The normalized spacial score (nSPS) is 29.7. The minimum atomic E-state index is -0.127. The molecule has 2 fully saturated rings. The van der Waals surface area contributed by atoms with E-state index in [0.29, 0.717) is 0 Å². The second-order valence-corrected chi connectivity index (χ2v) is 6.13. The number of nitrogens with zero attached hydrogens (tertiary/aromatic N) is 1. The lowest BCUT2D eigenvalue weighted by Gasteiger charge is -2.37. The number of ether oxygens (including phenoxy) is 2. The van der Waals surface area contributed by atoms with Gasteiger partial charge in [0.1, 0.15) is 0 Å². The summed E-state index contributed by atoms with van der Waals surface area (Å²) in [6.45, 7) is 9.99. The van der Waals surface area contributed by atoms with E-state index in [1.54, 1.807) is 0 Å². The lowest BCUT2D eigenvalue weighted by molar-refractivity contribution is -0.130. The topological polar surface area (TPSA) is 50.8 Å². The van der Waals surface area contributed by atoms with Crippen molar-refractivity contribution in [3.63, 3.8) is 0 Å². The maximum Gasteiger partial charge on any atom is 0.237 e. The van der Waals surface area contributed by atoms with Crippen LogP contribution >= 0.6 is 0 Å². The molecule has 0 bridgehead atoms. The second-order valence-electron chi connectivity index (χ2n) is 6.13.